The molecule has 73 heavy (non-hydrogen) atoms. The number of hydrogen-bond acceptors (Lipinski definition) is 13. The Morgan fingerprint density at radius 1 is 0.507 bits per heavy atom. The summed E-state index contributed by atoms with van der Waals surface area (Å²) in [5.74, 6) is -0.312. The van der Waals surface area contributed by atoms with Crippen LogP contribution >= 0.6 is 0 Å². The van der Waals surface area contributed by atoms with E-state index in [0.717, 1.165) is 57.8 Å². The molecule has 1 amide bonds. The van der Waals surface area contributed by atoms with E-state index in [4.69, 9.17) is 18.9 Å². The molecule has 0 aromatic heterocycles. The minimum atomic E-state index is -1.80. The van der Waals surface area contributed by atoms with Crippen LogP contribution in [0.4, 0.5) is 0 Å². The van der Waals surface area contributed by atoms with Gasteiger partial charge in [0.25, 0.3) is 0 Å². The molecule has 0 spiro atoms. The first-order valence-corrected chi connectivity index (χ1v) is 27.6. The van der Waals surface area contributed by atoms with Crippen LogP contribution in [0.15, 0.2) is 109 Å². The number of aliphatic hydroxyl groups excluding tert-OH is 8. The van der Waals surface area contributed by atoms with Gasteiger partial charge in [0.05, 0.1) is 32.0 Å². The molecule has 2 aliphatic heterocycles. The topological polar surface area (TPSA) is 228 Å². The van der Waals surface area contributed by atoms with E-state index in [1.54, 1.807) is 6.08 Å². The number of nitrogens with one attached hydrogen (secondary N) is 1. The van der Waals surface area contributed by atoms with E-state index < -0.39 is 86.8 Å². The highest BCUT2D eigenvalue weighted by molar-refractivity contribution is 5.76. The van der Waals surface area contributed by atoms with Crippen LogP contribution in [0, 0.1) is 0 Å². The van der Waals surface area contributed by atoms with Crippen molar-refractivity contribution in [3.8, 4) is 0 Å². The molecule has 12 unspecified atom stereocenters. The third-order valence-corrected chi connectivity index (χ3v) is 12.7. The maximum atomic E-state index is 13.2. The summed E-state index contributed by atoms with van der Waals surface area (Å²) in [6.07, 6.45) is 44.1. The normalized spacial score (nSPS) is 26.3. The molecule has 0 aromatic carbocycles. The lowest BCUT2D eigenvalue weighted by atomic mass is 9.97. The number of hydrogen-bond donors (Lipinski definition) is 9. The van der Waals surface area contributed by atoms with E-state index in [-0.39, 0.29) is 18.9 Å². The molecule has 2 saturated heterocycles. The zero-order chi connectivity index (χ0) is 53.2. The Labute approximate surface area is 438 Å². The predicted molar refractivity (Wildman–Crippen MR) is 290 cm³/mol. The summed E-state index contributed by atoms with van der Waals surface area (Å²) >= 11 is 0. The summed E-state index contributed by atoms with van der Waals surface area (Å²) in [5.41, 5.74) is 0. The molecular formula is C59H97NO13. The fraction of sp³-hybridized carbons (Fsp3) is 0.678. The maximum Gasteiger partial charge on any atom is 0.220 e. The first kappa shape index (κ1) is 65.8. The van der Waals surface area contributed by atoms with Crippen molar-refractivity contribution in [3.05, 3.63) is 109 Å². The van der Waals surface area contributed by atoms with E-state index in [1.165, 1.54) is 64.2 Å². The number of carbonyl (C=O) groups is 1. The molecule has 2 rings (SSSR count). The zero-order valence-electron chi connectivity index (χ0n) is 44.3. The van der Waals surface area contributed by atoms with Crippen LogP contribution in [0.1, 0.15) is 162 Å². The molecule has 12 atom stereocenters. The lowest BCUT2D eigenvalue weighted by molar-refractivity contribution is -0.359. The van der Waals surface area contributed by atoms with Gasteiger partial charge in [-0.15, -0.1) is 0 Å². The first-order valence-electron chi connectivity index (χ1n) is 27.6. The van der Waals surface area contributed by atoms with Crippen LogP contribution in [-0.4, -0.2) is 140 Å². The van der Waals surface area contributed by atoms with Crippen molar-refractivity contribution in [1.82, 2.24) is 5.32 Å². The average molecular weight is 1030 g/mol. The number of rotatable bonds is 41. The van der Waals surface area contributed by atoms with Crippen molar-refractivity contribution in [2.45, 2.75) is 235 Å². The first-order chi connectivity index (χ1) is 35.6. The molecule has 0 aromatic rings. The molecule has 2 fully saturated rings. The van der Waals surface area contributed by atoms with Crippen LogP contribution in [0.3, 0.4) is 0 Å². The quantitative estimate of drug-likeness (QED) is 0.0207. The number of allylic oxidation sites excluding steroid dienone is 17. The van der Waals surface area contributed by atoms with Gasteiger partial charge in [0.2, 0.25) is 5.91 Å². The van der Waals surface area contributed by atoms with Crippen LogP contribution < -0.4 is 5.32 Å². The maximum absolute atomic E-state index is 13.2. The Morgan fingerprint density at radius 3 is 1.51 bits per heavy atom. The molecule has 416 valence electrons. The van der Waals surface area contributed by atoms with Gasteiger partial charge in [-0.2, -0.15) is 0 Å². The lowest BCUT2D eigenvalue weighted by Gasteiger charge is -2.46. The summed E-state index contributed by atoms with van der Waals surface area (Å²) in [7, 11) is 0. The molecule has 14 heteroatoms. The number of amides is 1. The van der Waals surface area contributed by atoms with Crippen LogP contribution in [-0.2, 0) is 23.7 Å². The highest BCUT2D eigenvalue weighted by atomic mass is 16.7. The smallest absolute Gasteiger partial charge is 0.220 e. The van der Waals surface area contributed by atoms with E-state index in [1.807, 2.05) is 12.2 Å². The summed E-state index contributed by atoms with van der Waals surface area (Å²) < 4.78 is 22.7. The van der Waals surface area contributed by atoms with E-state index >= 15 is 0 Å². The number of ether oxygens (including phenoxy) is 4. The zero-order valence-corrected chi connectivity index (χ0v) is 44.3. The van der Waals surface area contributed by atoms with Crippen molar-refractivity contribution < 1.29 is 64.6 Å². The highest BCUT2D eigenvalue weighted by Crippen LogP contribution is 2.30. The van der Waals surface area contributed by atoms with Crippen molar-refractivity contribution in [2.75, 3.05) is 19.8 Å². The van der Waals surface area contributed by atoms with Gasteiger partial charge in [0.15, 0.2) is 12.6 Å². The Kier molecular flexibility index (Phi) is 39.5. The number of carbonyl (C=O) groups excluding carboxylic acids is 1. The van der Waals surface area contributed by atoms with Crippen LogP contribution in [0.5, 0.6) is 0 Å². The Bertz CT molecular complexity index is 1640. The van der Waals surface area contributed by atoms with Crippen molar-refractivity contribution in [2.24, 2.45) is 0 Å². The monoisotopic (exact) mass is 1030 g/mol. The summed E-state index contributed by atoms with van der Waals surface area (Å²) in [5, 5.41) is 86.8. The molecule has 0 aliphatic carbocycles. The predicted octanol–water partition coefficient (Wildman–Crippen LogP) is 8.49. The van der Waals surface area contributed by atoms with E-state index in [2.05, 4.69) is 110 Å². The second kappa shape index (κ2) is 43.8. The van der Waals surface area contributed by atoms with Gasteiger partial charge in [-0.25, -0.2) is 0 Å². The number of unbranched alkanes of at least 4 members (excludes halogenated alkanes) is 12. The third kappa shape index (κ3) is 30.1. The fourth-order valence-electron chi connectivity index (χ4n) is 8.23. The molecule has 2 aliphatic rings. The van der Waals surface area contributed by atoms with Crippen molar-refractivity contribution >= 4 is 5.91 Å². The van der Waals surface area contributed by atoms with Gasteiger partial charge in [0.1, 0.15) is 48.8 Å². The van der Waals surface area contributed by atoms with Gasteiger partial charge in [-0.3, -0.25) is 4.79 Å². The standard InChI is InChI=1S/C59H97NO13/c1-3-5-7-9-11-13-15-17-19-21-22-23-24-25-26-27-29-31-33-35-37-39-41-43-51(64)60-47(48(63)42-40-38-36-34-32-30-28-20-18-16-14-12-10-8-6-4-2)46-70-58-56(69)54(67)57(50(45-62)72-58)73-59-55(68)53(66)52(65)49(44-61)71-59/h5,7,11,13,17,19,22-23,25-26,29,31-32,34-35,37,40,42,47-50,52-59,61-63,65-69H,3-4,6,8-10,12,14-16,18,20-21,24,27-28,30,33,36,38-39,41,43-46H2,1-2H3,(H,60,64)/b7-5-,13-11-,19-17-,23-22-,26-25-,31-29-,34-32+,37-35-,42-40+. The van der Waals surface area contributed by atoms with E-state index in [9.17, 15) is 45.6 Å². The molecule has 0 saturated carbocycles. The minimum absolute atomic E-state index is 0.186. The van der Waals surface area contributed by atoms with Crippen molar-refractivity contribution in [1.29, 1.82) is 0 Å². The summed E-state index contributed by atoms with van der Waals surface area (Å²) in [6, 6.07) is -0.970. The number of aliphatic hydroxyl groups is 8. The fourth-order valence-corrected chi connectivity index (χ4v) is 8.23. The van der Waals surface area contributed by atoms with Gasteiger partial charge >= 0.3 is 0 Å². The molecule has 14 nitrogen and oxygen atoms in total. The van der Waals surface area contributed by atoms with Gasteiger partial charge in [-0.05, 0) is 83.5 Å². The summed E-state index contributed by atoms with van der Waals surface area (Å²) in [6.45, 7) is 2.59. The summed E-state index contributed by atoms with van der Waals surface area (Å²) in [4.78, 5) is 13.2. The molecular weight excluding hydrogens is 931 g/mol. The second-order valence-corrected chi connectivity index (χ2v) is 19.0. The molecule has 0 bridgehead atoms. The largest absolute Gasteiger partial charge is 0.394 e. The third-order valence-electron chi connectivity index (χ3n) is 12.7. The Balaban J connectivity index is 1.86. The van der Waals surface area contributed by atoms with Crippen LogP contribution in [0.2, 0.25) is 0 Å². The highest BCUT2D eigenvalue weighted by Gasteiger charge is 2.51. The lowest BCUT2D eigenvalue weighted by Crippen LogP contribution is -2.65. The Hall–Kier alpha value is -3.35. The van der Waals surface area contributed by atoms with Crippen LogP contribution in [0.25, 0.3) is 0 Å². The molecule has 2 heterocycles. The van der Waals surface area contributed by atoms with Gasteiger partial charge < -0.3 is 65.1 Å². The molecule has 9 N–H and O–H groups in total. The van der Waals surface area contributed by atoms with Gasteiger partial charge in [-0.1, -0.05) is 181 Å². The molecule has 0 radical (unpaired) electrons. The average Bonchev–Trinajstić information content (AvgIpc) is 3.39. The van der Waals surface area contributed by atoms with E-state index in [0.29, 0.717) is 19.3 Å². The SMILES string of the molecule is CC/C=C\C/C=C\C/C=C\C/C=C\C/C=C\C/C=C\C/C=C\CCCC(=O)NC(COC1OC(CO)C(OC2OC(CO)C(O)C(O)C2O)C(O)C1O)C(O)/C=C/CC/C=C/CCCCCCCCCCCC. The Morgan fingerprint density at radius 2 is 0.959 bits per heavy atom. The van der Waals surface area contributed by atoms with Crippen molar-refractivity contribution in [3.63, 3.8) is 0 Å². The second-order valence-electron chi connectivity index (χ2n) is 19.0. The van der Waals surface area contributed by atoms with Gasteiger partial charge in [0, 0.05) is 6.42 Å². The minimum Gasteiger partial charge on any atom is -0.394 e.